The Bertz CT molecular complexity index is 1670. The minimum absolute atomic E-state index is 0.0119. The molecule has 4 heterocycles. The molecule has 4 aromatic rings. The highest BCUT2D eigenvalue weighted by Gasteiger charge is 2.31. The topological polar surface area (TPSA) is 106 Å². The fraction of sp³-hybridized carbons (Fsp3) is 0.455. The van der Waals surface area contributed by atoms with Crippen LogP contribution in [0.5, 0.6) is 0 Å². The predicted molar refractivity (Wildman–Crippen MR) is 165 cm³/mol. The normalized spacial score (nSPS) is 17.7. The van der Waals surface area contributed by atoms with Crippen LogP contribution in [-0.4, -0.2) is 41.9 Å². The van der Waals surface area contributed by atoms with Gasteiger partial charge in [-0.3, -0.25) is 14.2 Å². The summed E-state index contributed by atoms with van der Waals surface area (Å²) in [5, 5.41) is 4.08. The van der Waals surface area contributed by atoms with E-state index in [9.17, 15) is 9.59 Å². The fourth-order valence-electron chi connectivity index (χ4n) is 6.53. The number of pyridine rings is 1. The van der Waals surface area contributed by atoms with Gasteiger partial charge in [-0.1, -0.05) is 31.4 Å². The average Bonchev–Trinajstić information content (AvgIpc) is 3.49. The lowest BCUT2D eigenvalue weighted by Crippen LogP contribution is -2.29. The summed E-state index contributed by atoms with van der Waals surface area (Å²) >= 11 is 0. The molecule has 1 atom stereocenters. The Hall–Kier alpha value is -4.14. The Kier molecular flexibility index (Phi) is 7.75. The van der Waals surface area contributed by atoms with E-state index in [1.165, 1.54) is 37.7 Å². The van der Waals surface area contributed by atoms with Crippen molar-refractivity contribution < 1.29 is 4.79 Å². The number of amides is 1. The van der Waals surface area contributed by atoms with Crippen molar-refractivity contribution in [3.8, 4) is 11.3 Å². The average molecular weight is 566 g/mol. The number of hydrogen-bond donors (Lipinski definition) is 1. The molecule has 9 nitrogen and oxygen atoms in total. The minimum Gasteiger partial charge on any atom is -0.333 e. The molecule has 2 fully saturated rings. The van der Waals surface area contributed by atoms with Crippen LogP contribution in [0.2, 0.25) is 0 Å². The first kappa shape index (κ1) is 28.0. The van der Waals surface area contributed by atoms with E-state index in [1.807, 2.05) is 31.7 Å². The van der Waals surface area contributed by atoms with Crippen molar-refractivity contribution in [3.05, 3.63) is 70.0 Å². The number of aryl methyl sites for hydroxylation is 1. The molecule has 3 aromatic heterocycles. The van der Waals surface area contributed by atoms with Crippen molar-refractivity contribution in [3.63, 3.8) is 0 Å². The quantitative estimate of drug-likeness (QED) is 0.280. The molecule has 1 aliphatic carbocycles. The molecule has 1 aromatic carbocycles. The van der Waals surface area contributed by atoms with Crippen molar-refractivity contribution >= 4 is 28.6 Å². The van der Waals surface area contributed by atoms with Gasteiger partial charge in [-0.25, -0.2) is 15.0 Å². The zero-order chi connectivity index (χ0) is 29.4. The van der Waals surface area contributed by atoms with Crippen LogP contribution in [0.3, 0.4) is 0 Å². The predicted octanol–water partition coefficient (Wildman–Crippen LogP) is 6.61. The van der Waals surface area contributed by atoms with Crippen molar-refractivity contribution in [2.75, 3.05) is 11.9 Å². The highest BCUT2D eigenvalue weighted by atomic mass is 16.2. The maximum atomic E-state index is 14.0. The maximum Gasteiger partial charge on any atom is 0.261 e. The van der Waals surface area contributed by atoms with E-state index in [0.717, 1.165) is 29.5 Å². The van der Waals surface area contributed by atoms with E-state index in [2.05, 4.69) is 39.6 Å². The van der Waals surface area contributed by atoms with Gasteiger partial charge in [-0.15, -0.1) is 0 Å². The number of fused-ring (bicyclic) bond motifs is 1. The van der Waals surface area contributed by atoms with Crippen LogP contribution >= 0.6 is 0 Å². The largest absolute Gasteiger partial charge is 0.333 e. The number of carbonyl (C=O) groups excluding carboxylic acids is 1. The van der Waals surface area contributed by atoms with E-state index < -0.39 is 0 Å². The van der Waals surface area contributed by atoms with Crippen LogP contribution in [-0.2, 0) is 4.79 Å². The summed E-state index contributed by atoms with van der Waals surface area (Å²) in [5.74, 6) is 1.68. The molecule has 1 unspecified atom stereocenters. The molecular formula is C33H39N7O2. The summed E-state index contributed by atoms with van der Waals surface area (Å²) in [6.45, 7) is 8.13. The number of benzene rings is 1. The number of nitrogens with one attached hydrogen (secondary N) is 1. The molecule has 0 spiro atoms. The second kappa shape index (κ2) is 11.6. The minimum atomic E-state index is -0.177. The Balaban J connectivity index is 1.34. The van der Waals surface area contributed by atoms with Gasteiger partial charge >= 0.3 is 0 Å². The number of aromatic nitrogens is 5. The van der Waals surface area contributed by atoms with Gasteiger partial charge in [-0.05, 0) is 81.7 Å². The molecule has 218 valence electrons. The number of likely N-dealkylation sites (tertiary alicyclic amines) is 1. The number of hydrogen-bond acceptors (Lipinski definition) is 7. The van der Waals surface area contributed by atoms with E-state index in [-0.39, 0.29) is 23.6 Å². The zero-order valence-electron chi connectivity index (χ0n) is 24.9. The van der Waals surface area contributed by atoms with Crippen molar-refractivity contribution in [1.29, 1.82) is 0 Å². The monoisotopic (exact) mass is 565 g/mol. The van der Waals surface area contributed by atoms with Crippen LogP contribution < -0.4 is 10.9 Å². The summed E-state index contributed by atoms with van der Waals surface area (Å²) < 4.78 is 1.71. The summed E-state index contributed by atoms with van der Waals surface area (Å²) in [5.41, 5.74) is 4.57. The molecule has 6 rings (SSSR count). The molecule has 42 heavy (non-hydrogen) atoms. The molecule has 1 N–H and O–H groups in total. The van der Waals surface area contributed by atoms with Gasteiger partial charge in [0, 0.05) is 43.0 Å². The van der Waals surface area contributed by atoms with Gasteiger partial charge in [-0.2, -0.15) is 4.98 Å². The molecular weight excluding hydrogens is 526 g/mol. The number of nitrogens with zero attached hydrogens (tertiary/aromatic N) is 6. The lowest BCUT2D eigenvalue weighted by Gasteiger charge is -2.23. The summed E-state index contributed by atoms with van der Waals surface area (Å²) in [4.78, 5) is 46.8. The third kappa shape index (κ3) is 5.40. The molecule has 0 bridgehead atoms. The van der Waals surface area contributed by atoms with Crippen LogP contribution in [0.25, 0.3) is 22.3 Å². The van der Waals surface area contributed by atoms with Gasteiger partial charge in [0.05, 0.1) is 17.3 Å². The van der Waals surface area contributed by atoms with Gasteiger partial charge in [0.1, 0.15) is 5.65 Å². The third-order valence-electron chi connectivity index (χ3n) is 8.73. The first-order valence-corrected chi connectivity index (χ1v) is 15.2. The number of rotatable bonds is 6. The smallest absolute Gasteiger partial charge is 0.261 e. The van der Waals surface area contributed by atoms with E-state index in [1.54, 1.807) is 23.9 Å². The lowest BCUT2D eigenvalue weighted by atomic mass is 9.84. The maximum absolute atomic E-state index is 14.0. The standard InChI is InChI=1S/C33H39N7O2/c1-20(2)40-31-25(19-35-33(38-31)36-26-14-12-24(13-15-26)23-9-6-5-7-10-23)17-27(32(40)42)29-21(3)18-34-30(37-29)28-11-8-16-39(28)22(4)41/h12-15,17-20,23,28H,5-11,16H2,1-4H3,(H,35,36,38). The third-order valence-corrected chi connectivity index (χ3v) is 8.73. The van der Waals surface area contributed by atoms with E-state index in [0.29, 0.717) is 41.1 Å². The first-order chi connectivity index (χ1) is 20.3. The van der Waals surface area contributed by atoms with Crippen LogP contribution in [0, 0.1) is 6.92 Å². The lowest BCUT2D eigenvalue weighted by molar-refractivity contribution is -0.129. The second-order valence-electron chi connectivity index (χ2n) is 12.0. The van der Waals surface area contributed by atoms with Crippen LogP contribution in [0.4, 0.5) is 11.6 Å². The molecule has 1 amide bonds. The Morgan fingerprint density at radius 2 is 1.74 bits per heavy atom. The van der Waals surface area contributed by atoms with E-state index >= 15 is 0 Å². The Morgan fingerprint density at radius 3 is 2.45 bits per heavy atom. The molecule has 1 saturated heterocycles. The Morgan fingerprint density at radius 1 is 0.976 bits per heavy atom. The second-order valence-corrected chi connectivity index (χ2v) is 12.0. The van der Waals surface area contributed by atoms with Crippen LogP contribution in [0.15, 0.2) is 47.5 Å². The van der Waals surface area contributed by atoms with Crippen molar-refractivity contribution in [2.24, 2.45) is 0 Å². The van der Waals surface area contributed by atoms with Gasteiger partial charge in [0.25, 0.3) is 5.56 Å². The van der Waals surface area contributed by atoms with Crippen molar-refractivity contribution in [1.82, 2.24) is 29.4 Å². The molecule has 2 aliphatic rings. The molecule has 9 heteroatoms. The van der Waals surface area contributed by atoms with Crippen molar-refractivity contribution in [2.45, 2.75) is 90.6 Å². The number of anilines is 2. The fourth-order valence-corrected chi connectivity index (χ4v) is 6.53. The molecule has 1 saturated carbocycles. The molecule has 0 radical (unpaired) electrons. The van der Waals surface area contributed by atoms with Gasteiger partial charge in [0.15, 0.2) is 5.82 Å². The summed E-state index contributed by atoms with van der Waals surface area (Å²) in [6.07, 6.45) is 11.7. The SMILES string of the molecule is CC(=O)N1CCCC1c1ncc(C)c(-c2cc3cnc(Nc4ccc(C5CCCCC5)cc4)nc3n(C(C)C)c2=O)n1. The summed E-state index contributed by atoms with van der Waals surface area (Å²) in [7, 11) is 0. The number of carbonyl (C=O) groups is 1. The zero-order valence-corrected chi connectivity index (χ0v) is 24.9. The first-order valence-electron chi connectivity index (χ1n) is 15.2. The van der Waals surface area contributed by atoms with Crippen LogP contribution in [0.1, 0.15) is 101 Å². The highest BCUT2D eigenvalue weighted by molar-refractivity contribution is 5.82. The van der Waals surface area contributed by atoms with Gasteiger partial charge in [0.2, 0.25) is 11.9 Å². The Labute approximate surface area is 246 Å². The highest BCUT2D eigenvalue weighted by Crippen LogP contribution is 2.34. The summed E-state index contributed by atoms with van der Waals surface area (Å²) in [6, 6.07) is 10.1. The van der Waals surface area contributed by atoms with E-state index in [4.69, 9.17) is 9.97 Å². The molecule has 1 aliphatic heterocycles. The van der Waals surface area contributed by atoms with Gasteiger partial charge < -0.3 is 10.2 Å².